The highest BCUT2D eigenvalue weighted by atomic mass is 14.7. The van der Waals surface area contributed by atoms with Crippen LogP contribution >= 0.6 is 0 Å². The van der Waals surface area contributed by atoms with Gasteiger partial charge in [-0.1, -0.05) is 12.1 Å². The Morgan fingerprint density at radius 2 is 2.00 bits per heavy atom. The average Bonchev–Trinajstić information content (AvgIpc) is 2.69. The van der Waals surface area contributed by atoms with E-state index in [4.69, 9.17) is 11.5 Å². The van der Waals surface area contributed by atoms with Crippen LogP contribution in [0.2, 0.25) is 0 Å². The van der Waals surface area contributed by atoms with Crippen LogP contribution in [0.5, 0.6) is 0 Å². The monoisotopic (exact) mass is 187 g/mol. The molecule has 0 aliphatic carbocycles. The summed E-state index contributed by atoms with van der Waals surface area (Å²) in [6, 6.07) is 9.51. The number of nitrogens with one attached hydrogen (secondary N) is 1. The van der Waals surface area contributed by atoms with E-state index in [-0.39, 0.29) is 6.04 Å². The molecular weight excluding hydrogens is 174 g/mol. The molecule has 0 aliphatic rings. The molecule has 0 amide bonds. The van der Waals surface area contributed by atoms with Gasteiger partial charge in [-0.15, -0.1) is 0 Å². The Bertz CT molecular complexity index is 406. The molecule has 0 saturated carbocycles. The van der Waals surface area contributed by atoms with Crippen LogP contribution in [0.1, 0.15) is 17.2 Å². The molecule has 1 aromatic heterocycles. The second-order valence-electron chi connectivity index (χ2n) is 3.29. The van der Waals surface area contributed by atoms with Crippen LogP contribution in [0.3, 0.4) is 0 Å². The Morgan fingerprint density at radius 3 is 2.64 bits per heavy atom. The van der Waals surface area contributed by atoms with Gasteiger partial charge in [-0.2, -0.15) is 0 Å². The summed E-state index contributed by atoms with van der Waals surface area (Å²) in [5, 5.41) is 0. The molecule has 0 aliphatic heterocycles. The largest absolute Gasteiger partial charge is 0.399 e. The van der Waals surface area contributed by atoms with Gasteiger partial charge in [-0.25, -0.2) is 0 Å². The molecule has 1 unspecified atom stereocenters. The lowest BCUT2D eigenvalue weighted by atomic mass is 10.0. The SMILES string of the molecule is Nc1cccc(C(N)c2cc[nH]c2)c1. The zero-order valence-electron chi connectivity index (χ0n) is 7.77. The topological polar surface area (TPSA) is 67.8 Å². The van der Waals surface area contributed by atoms with E-state index in [0.717, 1.165) is 16.8 Å². The standard InChI is InChI=1S/C11H13N3/c12-10-3-1-2-8(6-10)11(13)9-4-5-14-7-9/h1-7,11,14H,12-13H2. The number of hydrogen-bond acceptors (Lipinski definition) is 2. The van der Waals surface area contributed by atoms with E-state index in [0.29, 0.717) is 0 Å². The average molecular weight is 187 g/mol. The van der Waals surface area contributed by atoms with Crippen LogP contribution in [-0.2, 0) is 0 Å². The minimum Gasteiger partial charge on any atom is -0.399 e. The number of nitrogen functional groups attached to an aromatic ring is 1. The summed E-state index contributed by atoms with van der Waals surface area (Å²) >= 11 is 0. The number of H-pyrrole nitrogens is 1. The molecule has 0 fully saturated rings. The van der Waals surface area contributed by atoms with E-state index in [9.17, 15) is 0 Å². The number of hydrogen-bond donors (Lipinski definition) is 3. The summed E-state index contributed by atoms with van der Waals surface area (Å²) in [4.78, 5) is 2.98. The van der Waals surface area contributed by atoms with Crippen LogP contribution in [-0.4, -0.2) is 4.98 Å². The van der Waals surface area contributed by atoms with Crippen molar-refractivity contribution < 1.29 is 0 Å². The Kier molecular flexibility index (Phi) is 2.24. The summed E-state index contributed by atoms with van der Waals surface area (Å²) in [5.74, 6) is 0. The summed E-state index contributed by atoms with van der Waals surface area (Å²) in [7, 11) is 0. The molecular formula is C11H13N3. The van der Waals surface area contributed by atoms with Gasteiger partial charge in [0.1, 0.15) is 0 Å². The van der Waals surface area contributed by atoms with Crippen molar-refractivity contribution in [2.75, 3.05) is 5.73 Å². The van der Waals surface area contributed by atoms with Crippen molar-refractivity contribution >= 4 is 5.69 Å². The summed E-state index contributed by atoms with van der Waals surface area (Å²) in [6.45, 7) is 0. The number of benzene rings is 1. The summed E-state index contributed by atoms with van der Waals surface area (Å²) in [5.41, 5.74) is 14.6. The highest BCUT2D eigenvalue weighted by molar-refractivity contribution is 5.43. The number of anilines is 1. The second-order valence-corrected chi connectivity index (χ2v) is 3.29. The fourth-order valence-corrected chi connectivity index (χ4v) is 1.48. The number of nitrogens with two attached hydrogens (primary N) is 2. The molecule has 2 aromatic rings. The molecule has 1 atom stereocenters. The molecule has 5 N–H and O–H groups in total. The van der Waals surface area contributed by atoms with E-state index in [1.165, 1.54) is 0 Å². The number of aromatic nitrogens is 1. The van der Waals surface area contributed by atoms with E-state index in [1.54, 1.807) is 0 Å². The molecule has 0 bridgehead atoms. The first kappa shape index (κ1) is 8.84. The first-order chi connectivity index (χ1) is 6.77. The van der Waals surface area contributed by atoms with Crippen molar-refractivity contribution in [3.8, 4) is 0 Å². The molecule has 0 saturated heterocycles. The first-order valence-corrected chi connectivity index (χ1v) is 4.51. The van der Waals surface area contributed by atoms with E-state index < -0.39 is 0 Å². The fourth-order valence-electron chi connectivity index (χ4n) is 1.48. The minimum atomic E-state index is -0.107. The zero-order chi connectivity index (χ0) is 9.97. The van der Waals surface area contributed by atoms with E-state index in [2.05, 4.69) is 4.98 Å². The quantitative estimate of drug-likeness (QED) is 0.626. The van der Waals surface area contributed by atoms with Crippen molar-refractivity contribution in [2.45, 2.75) is 6.04 Å². The predicted molar refractivity (Wildman–Crippen MR) is 57.7 cm³/mol. The number of rotatable bonds is 2. The molecule has 1 aromatic carbocycles. The first-order valence-electron chi connectivity index (χ1n) is 4.51. The minimum absolute atomic E-state index is 0.107. The van der Waals surface area contributed by atoms with Crippen LogP contribution in [0, 0.1) is 0 Å². The molecule has 2 rings (SSSR count). The van der Waals surface area contributed by atoms with Crippen LogP contribution < -0.4 is 11.5 Å². The lowest BCUT2D eigenvalue weighted by Crippen LogP contribution is -2.11. The third-order valence-electron chi connectivity index (χ3n) is 2.25. The second kappa shape index (κ2) is 3.55. The van der Waals surface area contributed by atoms with Gasteiger partial charge in [0.15, 0.2) is 0 Å². The smallest absolute Gasteiger partial charge is 0.0567 e. The molecule has 0 radical (unpaired) electrons. The van der Waals surface area contributed by atoms with Gasteiger partial charge in [0.05, 0.1) is 6.04 Å². The van der Waals surface area contributed by atoms with Crippen LogP contribution in [0.25, 0.3) is 0 Å². The molecule has 3 heteroatoms. The Morgan fingerprint density at radius 1 is 1.14 bits per heavy atom. The van der Waals surface area contributed by atoms with Crippen molar-refractivity contribution in [1.82, 2.24) is 4.98 Å². The molecule has 14 heavy (non-hydrogen) atoms. The van der Waals surface area contributed by atoms with Crippen molar-refractivity contribution in [1.29, 1.82) is 0 Å². The third kappa shape index (κ3) is 1.63. The van der Waals surface area contributed by atoms with Crippen molar-refractivity contribution in [3.05, 3.63) is 53.9 Å². The van der Waals surface area contributed by atoms with Crippen LogP contribution in [0.4, 0.5) is 5.69 Å². The lowest BCUT2D eigenvalue weighted by Gasteiger charge is -2.10. The molecule has 1 heterocycles. The molecule has 72 valence electrons. The van der Waals surface area contributed by atoms with Gasteiger partial charge < -0.3 is 16.5 Å². The lowest BCUT2D eigenvalue weighted by molar-refractivity contribution is 0.874. The normalized spacial score (nSPS) is 12.6. The van der Waals surface area contributed by atoms with Gasteiger partial charge in [-0.3, -0.25) is 0 Å². The summed E-state index contributed by atoms with van der Waals surface area (Å²) < 4.78 is 0. The van der Waals surface area contributed by atoms with Crippen LogP contribution in [0.15, 0.2) is 42.7 Å². The third-order valence-corrected chi connectivity index (χ3v) is 2.25. The van der Waals surface area contributed by atoms with Gasteiger partial charge in [-0.05, 0) is 29.3 Å². The van der Waals surface area contributed by atoms with Gasteiger partial charge in [0, 0.05) is 18.1 Å². The van der Waals surface area contributed by atoms with E-state index >= 15 is 0 Å². The van der Waals surface area contributed by atoms with E-state index in [1.807, 2.05) is 42.7 Å². The highest BCUT2D eigenvalue weighted by Crippen LogP contribution is 2.20. The Hall–Kier alpha value is -1.74. The molecule has 3 nitrogen and oxygen atoms in total. The predicted octanol–water partition coefficient (Wildman–Crippen LogP) is 1.65. The molecule has 0 spiro atoms. The van der Waals surface area contributed by atoms with Gasteiger partial charge >= 0.3 is 0 Å². The highest BCUT2D eigenvalue weighted by Gasteiger charge is 2.08. The van der Waals surface area contributed by atoms with Crippen molar-refractivity contribution in [2.24, 2.45) is 5.73 Å². The Balaban J connectivity index is 2.32. The van der Waals surface area contributed by atoms with Crippen molar-refractivity contribution in [3.63, 3.8) is 0 Å². The summed E-state index contributed by atoms with van der Waals surface area (Å²) in [6.07, 6.45) is 3.76. The maximum absolute atomic E-state index is 6.05. The zero-order valence-corrected chi connectivity index (χ0v) is 7.77. The fraction of sp³-hybridized carbons (Fsp3) is 0.0909. The maximum atomic E-state index is 6.05. The van der Waals surface area contributed by atoms with Gasteiger partial charge in [0.25, 0.3) is 0 Å². The Labute approximate surface area is 82.7 Å². The maximum Gasteiger partial charge on any atom is 0.0567 e. The van der Waals surface area contributed by atoms with Gasteiger partial charge in [0.2, 0.25) is 0 Å². The number of aromatic amines is 1.